The zero-order valence-corrected chi connectivity index (χ0v) is 23.8. The molecule has 2 N–H and O–H groups in total. The number of hydrogen-bond donors (Lipinski definition) is 2. The van der Waals surface area contributed by atoms with Crippen molar-refractivity contribution < 1.29 is 21.6 Å². The molecule has 0 bridgehead atoms. The minimum absolute atomic E-state index is 0.00180. The quantitative estimate of drug-likeness (QED) is 0.218. The van der Waals surface area contributed by atoms with Crippen LogP contribution >= 0.6 is 0 Å². The highest BCUT2D eigenvalue weighted by atomic mass is 32.2. The van der Waals surface area contributed by atoms with Crippen LogP contribution in [0.15, 0.2) is 143 Å². The number of hydrogen-bond acceptors (Lipinski definition) is 6. The van der Waals surface area contributed by atoms with Gasteiger partial charge in [-0.05, 0) is 66.2 Å². The van der Waals surface area contributed by atoms with E-state index in [4.69, 9.17) is 0 Å². The fraction of sp³-hybridized carbons (Fsp3) is 0.0323. The van der Waals surface area contributed by atoms with Gasteiger partial charge in [0.25, 0.3) is 26.0 Å². The second kappa shape index (κ2) is 12.2. The summed E-state index contributed by atoms with van der Waals surface area (Å²) in [5, 5.41) is 2.75. The minimum Gasteiger partial charge on any atom is -0.322 e. The lowest BCUT2D eigenvalue weighted by Gasteiger charge is -2.26. The highest BCUT2D eigenvalue weighted by Gasteiger charge is 2.28. The molecule has 1 amide bonds. The molecule has 0 saturated carbocycles. The van der Waals surface area contributed by atoms with Gasteiger partial charge < -0.3 is 5.32 Å². The van der Waals surface area contributed by atoms with Crippen LogP contribution < -0.4 is 14.3 Å². The number of pyridine rings is 1. The van der Waals surface area contributed by atoms with Gasteiger partial charge in [-0.25, -0.2) is 21.8 Å². The predicted molar refractivity (Wildman–Crippen MR) is 162 cm³/mol. The van der Waals surface area contributed by atoms with Crippen LogP contribution in [0.1, 0.15) is 15.9 Å². The van der Waals surface area contributed by atoms with E-state index in [-0.39, 0.29) is 33.4 Å². The van der Waals surface area contributed by atoms with Gasteiger partial charge in [-0.15, -0.1) is 0 Å². The fourth-order valence-electron chi connectivity index (χ4n) is 4.19. The average molecular weight is 599 g/mol. The van der Waals surface area contributed by atoms with Gasteiger partial charge in [0.15, 0.2) is 0 Å². The molecule has 0 unspecified atom stereocenters. The Bertz CT molecular complexity index is 1890. The molecule has 0 aliphatic carbocycles. The first-order chi connectivity index (χ1) is 20.2. The molecule has 1 aromatic heterocycles. The molecule has 5 aromatic rings. The number of rotatable bonds is 10. The van der Waals surface area contributed by atoms with Crippen LogP contribution in [0.25, 0.3) is 0 Å². The molecule has 5 rings (SSSR count). The van der Waals surface area contributed by atoms with E-state index in [2.05, 4.69) is 15.0 Å². The summed E-state index contributed by atoms with van der Waals surface area (Å²) in [6.07, 6.45) is 1.47. The highest BCUT2D eigenvalue weighted by Crippen LogP contribution is 2.30. The largest absolute Gasteiger partial charge is 0.322 e. The van der Waals surface area contributed by atoms with Crippen LogP contribution in [0.3, 0.4) is 0 Å². The lowest BCUT2D eigenvalue weighted by molar-refractivity contribution is 0.102. The van der Waals surface area contributed by atoms with Crippen molar-refractivity contribution in [2.75, 3.05) is 14.3 Å². The Morgan fingerprint density at radius 2 is 1.29 bits per heavy atom. The molecule has 11 heteroatoms. The first-order valence-corrected chi connectivity index (χ1v) is 15.7. The van der Waals surface area contributed by atoms with Crippen molar-refractivity contribution in [1.29, 1.82) is 0 Å². The number of para-hydroxylation sites is 1. The van der Waals surface area contributed by atoms with Crippen LogP contribution in [0.5, 0.6) is 0 Å². The zero-order chi connectivity index (χ0) is 29.6. The molecule has 0 spiro atoms. The number of carbonyl (C=O) groups excluding carboxylic acids is 1. The van der Waals surface area contributed by atoms with Crippen LogP contribution in [0.4, 0.5) is 17.2 Å². The highest BCUT2D eigenvalue weighted by molar-refractivity contribution is 7.93. The van der Waals surface area contributed by atoms with Crippen molar-refractivity contribution >= 4 is 43.1 Å². The molecule has 0 radical (unpaired) electrons. The number of benzene rings is 4. The van der Waals surface area contributed by atoms with E-state index >= 15 is 0 Å². The average Bonchev–Trinajstić information content (AvgIpc) is 3.01. The van der Waals surface area contributed by atoms with Crippen molar-refractivity contribution in [3.05, 3.63) is 145 Å². The third-order valence-electron chi connectivity index (χ3n) is 6.24. The first kappa shape index (κ1) is 28.5. The van der Waals surface area contributed by atoms with Gasteiger partial charge >= 0.3 is 0 Å². The normalized spacial score (nSPS) is 11.4. The number of amides is 1. The Kier molecular flexibility index (Phi) is 8.32. The van der Waals surface area contributed by atoms with Gasteiger partial charge in [-0.2, -0.15) is 0 Å². The van der Waals surface area contributed by atoms with E-state index in [0.29, 0.717) is 5.69 Å². The molecule has 212 valence electrons. The number of nitrogens with one attached hydrogen (secondary N) is 2. The van der Waals surface area contributed by atoms with Crippen LogP contribution in [-0.2, 0) is 26.6 Å². The summed E-state index contributed by atoms with van der Waals surface area (Å²) in [5.74, 6) is -0.383. The Labute approximate surface area is 244 Å². The molecular formula is C31H26N4O5S2. The lowest BCUT2D eigenvalue weighted by atomic mass is 10.1. The van der Waals surface area contributed by atoms with Gasteiger partial charge in [0.2, 0.25) is 0 Å². The van der Waals surface area contributed by atoms with Crippen LogP contribution in [-0.4, -0.2) is 27.7 Å². The Balaban J connectivity index is 1.43. The summed E-state index contributed by atoms with van der Waals surface area (Å²) in [5.41, 5.74) is 1.39. The SMILES string of the molecule is O=C(Nc1ccc(S(=O)(=O)Nc2ccccn2)cc1)c1ccccc1N(Cc1ccccc1)S(=O)(=O)c1ccccc1. The molecule has 9 nitrogen and oxygen atoms in total. The van der Waals surface area contributed by atoms with Gasteiger partial charge in [0.1, 0.15) is 5.82 Å². The topological polar surface area (TPSA) is 126 Å². The first-order valence-electron chi connectivity index (χ1n) is 12.8. The smallest absolute Gasteiger partial charge is 0.264 e. The Hall–Kier alpha value is -5.00. The summed E-state index contributed by atoms with van der Waals surface area (Å²) >= 11 is 0. The molecular weight excluding hydrogens is 572 g/mol. The summed E-state index contributed by atoms with van der Waals surface area (Å²) in [7, 11) is -7.95. The van der Waals surface area contributed by atoms with E-state index in [1.807, 2.05) is 30.3 Å². The second-order valence-electron chi connectivity index (χ2n) is 9.13. The molecule has 0 fully saturated rings. The Morgan fingerprint density at radius 3 is 1.95 bits per heavy atom. The number of anilines is 3. The van der Waals surface area contributed by atoms with Crippen LogP contribution in [0.2, 0.25) is 0 Å². The molecule has 0 aliphatic heterocycles. The fourth-order valence-corrected chi connectivity index (χ4v) is 6.69. The second-order valence-corrected chi connectivity index (χ2v) is 12.7. The molecule has 0 aliphatic rings. The number of carbonyl (C=O) groups is 1. The maximum absolute atomic E-state index is 13.9. The van der Waals surface area contributed by atoms with Crippen molar-refractivity contribution in [2.24, 2.45) is 0 Å². The van der Waals surface area contributed by atoms with Gasteiger partial charge in [-0.1, -0.05) is 66.7 Å². The summed E-state index contributed by atoms with van der Waals surface area (Å²) < 4.78 is 56.8. The summed E-state index contributed by atoms with van der Waals surface area (Å²) in [6.45, 7) is -0.00180. The number of aromatic nitrogens is 1. The maximum Gasteiger partial charge on any atom is 0.264 e. The van der Waals surface area contributed by atoms with Gasteiger partial charge in [0.05, 0.1) is 27.6 Å². The van der Waals surface area contributed by atoms with E-state index in [1.54, 1.807) is 54.6 Å². The third kappa shape index (κ3) is 6.48. The van der Waals surface area contributed by atoms with Gasteiger partial charge in [0, 0.05) is 11.9 Å². The molecule has 0 atom stereocenters. The zero-order valence-electron chi connectivity index (χ0n) is 22.2. The van der Waals surface area contributed by atoms with Crippen molar-refractivity contribution in [1.82, 2.24) is 4.98 Å². The summed E-state index contributed by atoms with van der Waals surface area (Å²) in [6, 6.07) is 34.0. The maximum atomic E-state index is 13.9. The van der Waals surface area contributed by atoms with Gasteiger partial charge in [-0.3, -0.25) is 13.8 Å². The molecule has 4 aromatic carbocycles. The van der Waals surface area contributed by atoms with Crippen molar-refractivity contribution in [3.8, 4) is 0 Å². The standard InChI is InChI=1S/C31H26N4O5S2/c36-31(33-25-18-20-26(21-19-25)41(37,38)34-30-17-9-10-22-32-30)28-15-7-8-16-29(28)35(23-24-11-3-1-4-12-24)42(39,40)27-13-5-2-6-14-27/h1-22H,23H2,(H,32,34)(H,33,36). The minimum atomic E-state index is -4.05. The molecule has 42 heavy (non-hydrogen) atoms. The Morgan fingerprint density at radius 1 is 0.667 bits per heavy atom. The van der Waals surface area contributed by atoms with E-state index in [1.165, 1.54) is 53.0 Å². The molecule has 1 heterocycles. The van der Waals surface area contributed by atoms with E-state index in [0.717, 1.165) is 5.56 Å². The third-order valence-corrected chi connectivity index (χ3v) is 9.39. The lowest BCUT2D eigenvalue weighted by Crippen LogP contribution is -2.32. The molecule has 0 saturated heterocycles. The predicted octanol–water partition coefficient (Wildman–Crippen LogP) is 5.53. The van der Waals surface area contributed by atoms with Crippen molar-refractivity contribution in [2.45, 2.75) is 16.3 Å². The van der Waals surface area contributed by atoms with E-state index < -0.39 is 26.0 Å². The van der Waals surface area contributed by atoms with Crippen LogP contribution in [0, 0.1) is 0 Å². The van der Waals surface area contributed by atoms with Crippen molar-refractivity contribution in [3.63, 3.8) is 0 Å². The number of nitrogens with zero attached hydrogens (tertiary/aromatic N) is 2. The number of sulfonamides is 2. The monoisotopic (exact) mass is 598 g/mol. The van der Waals surface area contributed by atoms with E-state index in [9.17, 15) is 21.6 Å². The summed E-state index contributed by atoms with van der Waals surface area (Å²) in [4.78, 5) is 17.5.